The summed E-state index contributed by atoms with van der Waals surface area (Å²) in [5.41, 5.74) is 0. The minimum Gasteiger partial charge on any atom is -0.293 e. The normalized spacial score (nSPS) is 20.3. The standard InChI is InChI=1S/C6H8I3N/c7-6(8,9)5-10-3-1-2-4-10/h1-2H,3-5H2. The quantitative estimate of drug-likeness (QED) is 0.338. The summed E-state index contributed by atoms with van der Waals surface area (Å²) < 4.78 is 0.360. The van der Waals surface area contributed by atoms with Crippen molar-refractivity contribution in [3.8, 4) is 0 Å². The first kappa shape index (κ1) is 9.97. The largest absolute Gasteiger partial charge is 0.293 e. The van der Waals surface area contributed by atoms with E-state index in [2.05, 4.69) is 84.8 Å². The molecule has 10 heavy (non-hydrogen) atoms. The smallest absolute Gasteiger partial charge is 0.136 e. The zero-order valence-corrected chi connectivity index (χ0v) is 11.8. The van der Waals surface area contributed by atoms with Gasteiger partial charge in [0, 0.05) is 19.6 Å². The number of hydrogen-bond donors (Lipinski definition) is 0. The van der Waals surface area contributed by atoms with Crippen LogP contribution in [0.5, 0.6) is 0 Å². The van der Waals surface area contributed by atoms with Crippen molar-refractivity contribution in [1.29, 1.82) is 0 Å². The summed E-state index contributed by atoms with van der Waals surface area (Å²) in [7, 11) is 0. The molecule has 0 amide bonds. The number of hydrogen-bond acceptors (Lipinski definition) is 1. The molecule has 1 aliphatic rings. The Balaban J connectivity index is 2.26. The maximum atomic E-state index is 2.47. The molecule has 0 aliphatic carbocycles. The minimum absolute atomic E-state index is 0.360. The fourth-order valence-electron chi connectivity index (χ4n) is 0.904. The van der Waals surface area contributed by atoms with Crippen molar-refractivity contribution in [3.63, 3.8) is 0 Å². The fourth-order valence-corrected chi connectivity index (χ4v) is 2.35. The molecule has 58 valence electrons. The van der Waals surface area contributed by atoms with Crippen molar-refractivity contribution in [1.82, 2.24) is 4.90 Å². The maximum absolute atomic E-state index is 2.47. The van der Waals surface area contributed by atoms with Crippen molar-refractivity contribution in [2.24, 2.45) is 0 Å². The van der Waals surface area contributed by atoms with Crippen molar-refractivity contribution < 1.29 is 0 Å². The first-order valence-electron chi connectivity index (χ1n) is 3.02. The molecule has 0 radical (unpaired) electrons. The van der Waals surface area contributed by atoms with E-state index in [-0.39, 0.29) is 0 Å². The molecule has 0 fully saturated rings. The van der Waals surface area contributed by atoms with Crippen molar-refractivity contribution >= 4 is 67.8 Å². The van der Waals surface area contributed by atoms with E-state index < -0.39 is 0 Å². The Labute approximate surface area is 102 Å². The van der Waals surface area contributed by atoms with E-state index in [4.69, 9.17) is 0 Å². The molecule has 4 heteroatoms. The van der Waals surface area contributed by atoms with Gasteiger partial charge < -0.3 is 0 Å². The first-order chi connectivity index (χ1) is 4.58. The van der Waals surface area contributed by atoms with Crippen molar-refractivity contribution in [2.45, 2.75) is -0.565 Å². The third-order valence-electron chi connectivity index (χ3n) is 1.30. The summed E-state index contributed by atoms with van der Waals surface area (Å²) in [6.45, 7) is 3.44. The summed E-state index contributed by atoms with van der Waals surface area (Å²) in [5.74, 6) is 0. The van der Waals surface area contributed by atoms with Crippen LogP contribution in [0.15, 0.2) is 12.2 Å². The average Bonchev–Trinajstić information content (AvgIpc) is 2.12. The fraction of sp³-hybridized carbons (Fsp3) is 0.667. The van der Waals surface area contributed by atoms with E-state index in [0.717, 1.165) is 13.1 Å². The zero-order chi connectivity index (χ0) is 7.61. The van der Waals surface area contributed by atoms with Crippen molar-refractivity contribution in [3.05, 3.63) is 12.2 Å². The SMILES string of the molecule is IC(I)(I)CN1CC=CC1. The van der Waals surface area contributed by atoms with Crippen molar-refractivity contribution in [2.75, 3.05) is 19.6 Å². The maximum Gasteiger partial charge on any atom is 0.136 e. The van der Waals surface area contributed by atoms with E-state index in [1.807, 2.05) is 0 Å². The highest BCUT2D eigenvalue weighted by Crippen LogP contribution is 2.36. The Bertz CT molecular complexity index is 130. The zero-order valence-electron chi connectivity index (χ0n) is 5.36. The lowest BCUT2D eigenvalue weighted by molar-refractivity contribution is 0.374. The minimum atomic E-state index is 0.360. The van der Waals surface area contributed by atoms with Crippen LogP contribution in [-0.4, -0.2) is 24.0 Å². The summed E-state index contributed by atoms with van der Waals surface area (Å²) in [5, 5.41) is 0. The second kappa shape index (κ2) is 4.22. The van der Waals surface area contributed by atoms with Crippen LogP contribution in [0.2, 0.25) is 0 Å². The molecule has 0 aromatic carbocycles. The lowest BCUT2D eigenvalue weighted by Gasteiger charge is -2.20. The predicted molar refractivity (Wildman–Crippen MR) is 70.4 cm³/mol. The van der Waals surface area contributed by atoms with Crippen LogP contribution in [0.1, 0.15) is 0 Å². The van der Waals surface area contributed by atoms with Crippen LogP contribution in [0.3, 0.4) is 0 Å². The molecule has 1 heterocycles. The Hall–Kier alpha value is 1.89. The molecule has 1 rings (SSSR count). The van der Waals surface area contributed by atoms with Gasteiger partial charge in [0.2, 0.25) is 0 Å². The second-order valence-electron chi connectivity index (χ2n) is 2.28. The molecule has 0 saturated carbocycles. The van der Waals surface area contributed by atoms with Gasteiger partial charge in [0.25, 0.3) is 0 Å². The van der Waals surface area contributed by atoms with E-state index >= 15 is 0 Å². The molecule has 0 spiro atoms. The van der Waals surface area contributed by atoms with Crippen LogP contribution < -0.4 is 0 Å². The Kier molecular flexibility index (Phi) is 4.21. The van der Waals surface area contributed by atoms with Gasteiger partial charge in [0.1, 0.15) is -0.565 Å². The molecular weight excluding hydrogens is 467 g/mol. The van der Waals surface area contributed by atoms with Crippen LogP contribution in [0.25, 0.3) is 0 Å². The van der Waals surface area contributed by atoms with Gasteiger partial charge in [0.15, 0.2) is 0 Å². The first-order valence-corrected chi connectivity index (χ1v) is 6.26. The Morgan fingerprint density at radius 3 is 2.10 bits per heavy atom. The monoisotopic (exact) mass is 475 g/mol. The average molecular weight is 475 g/mol. The van der Waals surface area contributed by atoms with Gasteiger partial charge in [-0.25, -0.2) is 0 Å². The predicted octanol–water partition coefficient (Wildman–Crippen LogP) is 2.82. The topological polar surface area (TPSA) is 3.24 Å². The summed E-state index contributed by atoms with van der Waals surface area (Å²) in [4.78, 5) is 2.44. The van der Waals surface area contributed by atoms with E-state index in [1.54, 1.807) is 0 Å². The molecular formula is C6H8I3N. The van der Waals surface area contributed by atoms with Gasteiger partial charge in [-0.2, -0.15) is 0 Å². The second-order valence-corrected chi connectivity index (χ2v) is 14.0. The van der Waals surface area contributed by atoms with Crippen LogP contribution in [-0.2, 0) is 0 Å². The molecule has 0 bridgehead atoms. The third-order valence-corrected chi connectivity index (χ3v) is 2.32. The van der Waals surface area contributed by atoms with Crippen LogP contribution in [0.4, 0.5) is 0 Å². The lowest BCUT2D eigenvalue weighted by Crippen LogP contribution is -2.28. The summed E-state index contributed by atoms with van der Waals surface area (Å²) in [6, 6.07) is 0. The number of halogens is 3. The highest BCUT2D eigenvalue weighted by Gasteiger charge is 2.21. The van der Waals surface area contributed by atoms with Gasteiger partial charge in [-0.15, -0.1) is 0 Å². The molecule has 0 N–H and O–H groups in total. The molecule has 0 unspecified atom stereocenters. The molecule has 1 nitrogen and oxygen atoms in total. The highest BCUT2D eigenvalue weighted by atomic mass is 127. The molecule has 0 aromatic heterocycles. The summed E-state index contributed by atoms with van der Waals surface area (Å²) in [6.07, 6.45) is 4.46. The van der Waals surface area contributed by atoms with Crippen LogP contribution >= 0.6 is 67.8 Å². The molecule has 1 aliphatic heterocycles. The molecule has 0 atom stereocenters. The highest BCUT2D eigenvalue weighted by molar-refractivity contribution is 14.3. The third kappa shape index (κ3) is 4.05. The van der Waals surface area contributed by atoms with Crippen LogP contribution in [0, 0.1) is 0 Å². The van der Waals surface area contributed by atoms with E-state index in [1.165, 1.54) is 6.54 Å². The van der Waals surface area contributed by atoms with E-state index in [0.29, 0.717) is -0.565 Å². The Morgan fingerprint density at radius 2 is 1.70 bits per heavy atom. The summed E-state index contributed by atoms with van der Waals surface area (Å²) >= 11 is 7.41. The number of alkyl halides is 3. The molecule has 0 saturated heterocycles. The van der Waals surface area contributed by atoms with Gasteiger partial charge in [-0.1, -0.05) is 79.9 Å². The number of nitrogens with zero attached hydrogens (tertiary/aromatic N) is 1. The van der Waals surface area contributed by atoms with E-state index in [9.17, 15) is 0 Å². The molecule has 0 aromatic rings. The van der Waals surface area contributed by atoms with Gasteiger partial charge in [0.05, 0.1) is 0 Å². The Morgan fingerprint density at radius 1 is 1.20 bits per heavy atom. The van der Waals surface area contributed by atoms with Gasteiger partial charge in [-0.05, 0) is 0 Å². The van der Waals surface area contributed by atoms with Gasteiger partial charge >= 0.3 is 0 Å². The lowest BCUT2D eigenvalue weighted by atomic mass is 10.6. The number of rotatable bonds is 2. The van der Waals surface area contributed by atoms with Gasteiger partial charge in [-0.3, -0.25) is 4.90 Å².